The molecule has 0 unspecified atom stereocenters. The summed E-state index contributed by atoms with van der Waals surface area (Å²) >= 11 is 0. The van der Waals surface area contributed by atoms with E-state index >= 15 is 0 Å². The molecule has 112 valence electrons. The number of carbonyl (C=O) groups is 1. The number of carbonyl (C=O) groups excluding carboxylic acids is 1. The lowest BCUT2D eigenvalue weighted by Crippen LogP contribution is -2.43. The van der Waals surface area contributed by atoms with Crippen LogP contribution in [0.4, 0.5) is 13.2 Å². The lowest BCUT2D eigenvalue weighted by atomic mass is 10.1. The maximum absolute atomic E-state index is 12.8. The van der Waals surface area contributed by atoms with Crippen molar-refractivity contribution in [3.63, 3.8) is 0 Å². The zero-order valence-electron chi connectivity index (χ0n) is 10.9. The molecule has 0 spiro atoms. The molecule has 2 rings (SSSR count). The molecule has 0 aromatic heterocycles. The Labute approximate surface area is 121 Å². The molecule has 7 heteroatoms. The summed E-state index contributed by atoms with van der Waals surface area (Å²) in [6, 6.07) is 5.25. The molecule has 0 aliphatic heterocycles. The average molecular weight is 309 g/mol. The van der Waals surface area contributed by atoms with Gasteiger partial charge in [-0.25, -0.2) is 0 Å². The monoisotopic (exact) mass is 308 g/mol. The van der Waals surface area contributed by atoms with Gasteiger partial charge in [0.05, 0.1) is 11.1 Å². The van der Waals surface area contributed by atoms with E-state index in [4.69, 9.17) is 5.73 Å². The highest BCUT2D eigenvalue weighted by molar-refractivity contribution is 5.88. The molecule has 0 atom stereocenters. The van der Waals surface area contributed by atoms with Crippen LogP contribution in [0.2, 0.25) is 0 Å². The lowest BCUT2D eigenvalue weighted by molar-refractivity contribution is -0.140. The van der Waals surface area contributed by atoms with E-state index in [1.807, 2.05) is 0 Å². The topological polar surface area (TPSA) is 46.3 Å². The molecule has 1 fully saturated rings. The third kappa shape index (κ3) is 3.43. The minimum atomic E-state index is -4.42. The number of rotatable bonds is 3. The van der Waals surface area contributed by atoms with Crippen LogP contribution in [0.1, 0.15) is 24.0 Å². The van der Waals surface area contributed by atoms with E-state index < -0.39 is 17.3 Å². The van der Waals surface area contributed by atoms with Gasteiger partial charge in [-0.1, -0.05) is 18.2 Å². The predicted molar refractivity (Wildman–Crippen MR) is 71.3 cm³/mol. The van der Waals surface area contributed by atoms with Gasteiger partial charge in [0.15, 0.2) is 0 Å². The van der Waals surface area contributed by atoms with Crippen molar-refractivity contribution in [1.82, 2.24) is 4.90 Å². The van der Waals surface area contributed by atoms with E-state index in [1.54, 1.807) is 0 Å². The number of hydrogen-bond donors (Lipinski definition) is 1. The highest BCUT2D eigenvalue weighted by atomic mass is 35.5. The number of benzene rings is 1. The van der Waals surface area contributed by atoms with E-state index in [0.29, 0.717) is 12.8 Å². The summed E-state index contributed by atoms with van der Waals surface area (Å²) < 4.78 is 38.5. The smallest absolute Gasteiger partial charge is 0.340 e. The summed E-state index contributed by atoms with van der Waals surface area (Å²) in [5.41, 5.74) is 4.26. The van der Waals surface area contributed by atoms with Gasteiger partial charge >= 0.3 is 6.18 Å². The van der Waals surface area contributed by atoms with Crippen molar-refractivity contribution in [3.8, 4) is 0 Å². The fraction of sp³-hybridized carbons (Fsp3) is 0.462. The first-order chi connectivity index (χ1) is 8.74. The predicted octanol–water partition coefficient (Wildman–Crippen LogP) is 2.58. The highest BCUT2D eigenvalue weighted by Crippen LogP contribution is 2.35. The third-order valence-electron chi connectivity index (χ3n) is 3.29. The maximum Gasteiger partial charge on any atom is 0.416 e. The first kappa shape index (κ1) is 16.8. The Bertz CT molecular complexity index is 501. The van der Waals surface area contributed by atoms with Gasteiger partial charge in [-0.3, -0.25) is 4.79 Å². The molecule has 1 aliphatic rings. The van der Waals surface area contributed by atoms with Gasteiger partial charge in [-0.2, -0.15) is 13.2 Å². The van der Waals surface area contributed by atoms with Crippen molar-refractivity contribution in [2.75, 3.05) is 7.05 Å². The first-order valence-electron chi connectivity index (χ1n) is 5.93. The molecule has 0 bridgehead atoms. The summed E-state index contributed by atoms with van der Waals surface area (Å²) in [4.78, 5) is 13.2. The van der Waals surface area contributed by atoms with Gasteiger partial charge in [0.2, 0.25) is 5.91 Å². The molecule has 1 aromatic carbocycles. The van der Waals surface area contributed by atoms with Crippen molar-refractivity contribution in [2.24, 2.45) is 5.73 Å². The molecule has 1 amide bonds. The number of alkyl halides is 3. The Morgan fingerprint density at radius 1 is 1.35 bits per heavy atom. The number of halogens is 4. The van der Waals surface area contributed by atoms with E-state index in [9.17, 15) is 18.0 Å². The van der Waals surface area contributed by atoms with Crippen LogP contribution in [-0.4, -0.2) is 23.4 Å². The fourth-order valence-electron chi connectivity index (χ4n) is 1.99. The molecule has 0 saturated heterocycles. The van der Waals surface area contributed by atoms with Crippen molar-refractivity contribution in [2.45, 2.75) is 31.1 Å². The summed E-state index contributed by atoms with van der Waals surface area (Å²) in [6.45, 7) is -0.0898. The largest absolute Gasteiger partial charge is 0.416 e. The number of nitrogens with two attached hydrogens (primary N) is 1. The normalized spacial score (nSPS) is 16.2. The van der Waals surface area contributed by atoms with Crippen LogP contribution in [0, 0.1) is 0 Å². The number of hydrogen-bond acceptors (Lipinski definition) is 2. The second kappa shape index (κ2) is 5.61. The van der Waals surface area contributed by atoms with Crippen LogP contribution in [0.25, 0.3) is 0 Å². The standard InChI is InChI=1S/C13H15F3N2O.ClH/c1-18(11(19)12(17)6-7-12)8-9-4-2-3-5-10(9)13(14,15)16;/h2-5H,6-8,17H2,1H3;1H. The van der Waals surface area contributed by atoms with Crippen LogP contribution in [0.5, 0.6) is 0 Å². The van der Waals surface area contributed by atoms with Crippen LogP contribution in [0.15, 0.2) is 24.3 Å². The molecule has 1 aliphatic carbocycles. The average Bonchev–Trinajstić information content (AvgIpc) is 3.07. The molecule has 2 N–H and O–H groups in total. The van der Waals surface area contributed by atoms with Crippen LogP contribution >= 0.6 is 12.4 Å². The van der Waals surface area contributed by atoms with Gasteiger partial charge in [-0.15, -0.1) is 12.4 Å². The second-order valence-electron chi connectivity index (χ2n) is 4.97. The molecule has 0 radical (unpaired) electrons. The minimum Gasteiger partial charge on any atom is -0.340 e. The molecular formula is C13H16ClF3N2O. The van der Waals surface area contributed by atoms with Gasteiger partial charge < -0.3 is 10.6 Å². The summed E-state index contributed by atoms with van der Waals surface area (Å²) in [7, 11) is 1.47. The SMILES string of the molecule is CN(Cc1ccccc1C(F)(F)F)C(=O)C1(N)CC1.Cl. The highest BCUT2D eigenvalue weighted by Gasteiger charge is 2.47. The number of amides is 1. The Balaban J connectivity index is 0.00000200. The van der Waals surface area contributed by atoms with Crippen molar-refractivity contribution in [1.29, 1.82) is 0 Å². The molecule has 20 heavy (non-hydrogen) atoms. The van der Waals surface area contributed by atoms with Gasteiger partial charge in [0.1, 0.15) is 0 Å². The maximum atomic E-state index is 12.8. The summed E-state index contributed by atoms with van der Waals surface area (Å²) in [5, 5.41) is 0. The van der Waals surface area contributed by atoms with E-state index in [1.165, 1.54) is 30.1 Å². The lowest BCUT2D eigenvalue weighted by Gasteiger charge is -2.22. The Hall–Kier alpha value is -1.27. The first-order valence-corrected chi connectivity index (χ1v) is 5.93. The Kier molecular flexibility index (Phi) is 4.71. The van der Waals surface area contributed by atoms with Crippen LogP contribution < -0.4 is 5.73 Å². The zero-order chi connectivity index (χ0) is 14.3. The molecule has 1 saturated carbocycles. The quantitative estimate of drug-likeness (QED) is 0.933. The van der Waals surface area contributed by atoms with E-state index in [2.05, 4.69) is 0 Å². The van der Waals surface area contributed by atoms with Crippen molar-refractivity contribution >= 4 is 18.3 Å². The van der Waals surface area contributed by atoms with E-state index in [0.717, 1.165) is 6.07 Å². The van der Waals surface area contributed by atoms with E-state index in [-0.39, 0.29) is 30.4 Å². The van der Waals surface area contributed by atoms with Crippen molar-refractivity contribution in [3.05, 3.63) is 35.4 Å². The number of nitrogens with zero attached hydrogens (tertiary/aromatic N) is 1. The van der Waals surface area contributed by atoms with Gasteiger partial charge in [0, 0.05) is 13.6 Å². The Morgan fingerprint density at radius 2 is 1.90 bits per heavy atom. The second-order valence-corrected chi connectivity index (χ2v) is 4.97. The van der Waals surface area contributed by atoms with Crippen LogP contribution in [-0.2, 0) is 17.5 Å². The summed E-state index contributed by atoms with van der Waals surface area (Å²) in [5.74, 6) is -0.301. The van der Waals surface area contributed by atoms with Gasteiger partial charge in [0.25, 0.3) is 0 Å². The zero-order valence-corrected chi connectivity index (χ0v) is 11.7. The fourth-order valence-corrected chi connectivity index (χ4v) is 1.99. The molecular weight excluding hydrogens is 293 g/mol. The summed E-state index contributed by atoms with van der Waals surface area (Å²) in [6.07, 6.45) is -3.23. The van der Waals surface area contributed by atoms with Gasteiger partial charge in [-0.05, 0) is 24.5 Å². The third-order valence-corrected chi connectivity index (χ3v) is 3.29. The Morgan fingerprint density at radius 3 is 2.40 bits per heavy atom. The molecule has 0 heterocycles. The molecule has 1 aromatic rings. The molecule has 3 nitrogen and oxygen atoms in total. The van der Waals surface area contributed by atoms with Crippen molar-refractivity contribution < 1.29 is 18.0 Å². The number of likely N-dealkylation sites (N-methyl/N-ethyl adjacent to an activating group) is 1. The van der Waals surface area contributed by atoms with Crippen LogP contribution in [0.3, 0.4) is 0 Å². The minimum absolute atomic E-state index is 0.